The van der Waals surface area contributed by atoms with E-state index in [2.05, 4.69) is 48.3 Å². The number of hydrogen-bond acceptors (Lipinski definition) is 4. The summed E-state index contributed by atoms with van der Waals surface area (Å²) in [5, 5.41) is 3.00. The van der Waals surface area contributed by atoms with Crippen molar-refractivity contribution < 1.29 is 9.59 Å². The van der Waals surface area contributed by atoms with Gasteiger partial charge in [0.15, 0.2) is 5.78 Å². The zero-order chi connectivity index (χ0) is 19.4. The van der Waals surface area contributed by atoms with Gasteiger partial charge in [0, 0.05) is 38.0 Å². The third kappa shape index (κ3) is 5.18. The normalized spacial score (nSPS) is 14.6. The van der Waals surface area contributed by atoms with Crippen LogP contribution < -0.4 is 5.32 Å². The van der Waals surface area contributed by atoms with Gasteiger partial charge in [-0.25, -0.2) is 0 Å². The Morgan fingerprint density at radius 2 is 1.89 bits per heavy atom. The van der Waals surface area contributed by atoms with Crippen molar-refractivity contribution in [3.05, 3.63) is 56.7 Å². The van der Waals surface area contributed by atoms with E-state index in [9.17, 15) is 9.59 Å². The second-order valence-corrected chi connectivity index (χ2v) is 9.27. The fourth-order valence-corrected chi connectivity index (χ4v) is 4.35. The van der Waals surface area contributed by atoms with Crippen LogP contribution in [0.1, 0.15) is 47.5 Å². The molecular formula is C21H25ClN2O2S. The molecule has 1 aliphatic heterocycles. The number of nitrogens with zero attached hydrogens (tertiary/aromatic N) is 1. The number of carbonyl (C=O) groups excluding carboxylic acids is 2. The molecule has 0 fully saturated rings. The van der Waals surface area contributed by atoms with E-state index in [1.165, 1.54) is 22.5 Å². The van der Waals surface area contributed by atoms with Crippen molar-refractivity contribution in [2.45, 2.75) is 45.2 Å². The number of thiophene rings is 1. The van der Waals surface area contributed by atoms with Crippen LogP contribution in [0.4, 0.5) is 0 Å². The van der Waals surface area contributed by atoms with Crippen LogP contribution in [0.5, 0.6) is 0 Å². The van der Waals surface area contributed by atoms with Crippen molar-refractivity contribution in [1.29, 1.82) is 0 Å². The average molecular weight is 405 g/mol. The number of fused-ring (bicyclic) bond motifs is 1. The van der Waals surface area contributed by atoms with Crippen molar-refractivity contribution in [3.8, 4) is 0 Å². The summed E-state index contributed by atoms with van der Waals surface area (Å²) in [6.45, 7) is 6.75. The predicted molar refractivity (Wildman–Crippen MR) is 111 cm³/mol. The molecule has 0 radical (unpaired) electrons. The summed E-state index contributed by atoms with van der Waals surface area (Å²) in [4.78, 5) is 27.3. The Balaban J connectivity index is 1.47. The van der Waals surface area contributed by atoms with Crippen LogP contribution in [-0.2, 0) is 17.8 Å². The molecule has 1 aromatic heterocycles. The maximum absolute atomic E-state index is 12.2. The first-order valence-electron chi connectivity index (χ1n) is 9.22. The van der Waals surface area contributed by atoms with Crippen LogP contribution in [-0.4, -0.2) is 35.2 Å². The number of halogens is 1. The van der Waals surface area contributed by atoms with E-state index in [0.717, 1.165) is 19.5 Å². The molecule has 4 nitrogen and oxygen atoms in total. The van der Waals surface area contributed by atoms with Gasteiger partial charge in [0.2, 0.25) is 5.91 Å². The Bertz CT molecular complexity index is 831. The molecule has 1 N–H and O–H groups in total. The van der Waals surface area contributed by atoms with Gasteiger partial charge in [0.1, 0.15) is 0 Å². The molecule has 2 aromatic rings. The summed E-state index contributed by atoms with van der Waals surface area (Å²) in [7, 11) is 0. The molecule has 1 aromatic carbocycles. The second kappa shape index (κ2) is 8.55. The third-order valence-electron chi connectivity index (χ3n) is 5.13. The zero-order valence-corrected chi connectivity index (χ0v) is 17.3. The molecule has 3 rings (SSSR count). The number of amides is 1. The van der Waals surface area contributed by atoms with E-state index >= 15 is 0 Å². The minimum absolute atomic E-state index is 0.0334. The molecule has 144 valence electrons. The van der Waals surface area contributed by atoms with Crippen molar-refractivity contribution in [1.82, 2.24) is 10.2 Å². The molecule has 6 heteroatoms. The predicted octanol–water partition coefficient (Wildman–Crippen LogP) is 4.32. The van der Waals surface area contributed by atoms with E-state index in [-0.39, 0.29) is 30.1 Å². The lowest BCUT2D eigenvalue weighted by molar-refractivity contribution is -0.121. The fourth-order valence-electron chi connectivity index (χ4n) is 3.34. The second-order valence-electron chi connectivity index (χ2n) is 7.56. The largest absolute Gasteiger partial charge is 0.354 e. The lowest BCUT2D eigenvalue weighted by Crippen LogP contribution is -2.53. The fraction of sp³-hybridized carbons (Fsp3) is 0.429. The van der Waals surface area contributed by atoms with Crippen LogP contribution in [0.15, 0.2) is 36.4 Å². The lowest BCUT2D eigenvalue weighted by Gasteiger charge is -2.41. The van der Waals surface area contributed by atoms with Crippen LogP contribution in [0.3, 0.4) is 0 Å². The highest BCUT2D eigenvalue weighted by Gasteiger charge is 2.30. The van der Waals surface area contributed by atoms with Crippen molar-refractivity contribution in [2.75, 3.05) is 13.1 Å². The molecule has 0 bridgehead atoms. The number of benzene rings is 1. The van der Waals surface area contributed by atoms with Gasteiger partial charge in [0.25, 0.3) is 0 Å². The number of hydrogen-bond donors (Lipinski definition) is 1. The topological polar surface area (TPSA) is 49.4 Å². The van der Waals surface area contributed by atoms with Crippen LogP contribution in [0.25, 0.3) is 0 Å². The minimum Gasteiger partial charge on any atom is -0.354 e. The van der Waals surface area contributed by atoms with Crippen LogP contribution >= 0.6 is 22.9 Å². The molecule has 0 aliphatic carbocycles. The molecular weight excluding hydrogens is 380 g/mol. The Labute approximate surface area is 169 Å². The van der Waals surface area contributed by atoms with Gasteiger partial charge >= 0.3 is 0 Å². The number of Topliss-reactive ketones (excluding diaryl/α,β-unsaturated/α-hetero) is 1. The summed E-state index contributed by atoms with van der Waals surface area (Å²) in [6.07, 6.45) is 1.44. The first-order valence-corrected chi connectivity index (χ1v) is 10.4. The van der Waals surface area contributed by atoms with Gasteiger partial charge in [-0.15, -0.1) is 11.3 Å². The highest BCUT2D eigenvalue weighted by atomic mass is 35.5. The number of carbonyl (C=O) groups is 2. The number of nitrogens with one attached hydrogen (secondary N) is 1. The average Bonchev–Trinajstić information content (AvgIpc) is 3.10. The first-order chi connectivity index (χ1) is 12.8. The Hall–Kier alpha value is -1.69. The summed E-state index contributed by atoms with van der Waals surface area (Å²) < 4.78 is 0.590. The number of rotatable bonds is 7. The first kappa shape index (κ1) is 20.1. The summed E-state index contributed by atoms with van der Waals surface area (Å²) in [6, 6.07) is 12.0. The maximum Gasteiger partial charge on any atom is 0.220 e. The summed E-state index contributed by atoms with van der Waals surface area (Å²) in [5.74, 6) is -0.120. The molecule has 1 amide bonds. The Morgan fingerprint density at radius 1 is 1.15 bits per heavy atom. The van der Waals surface area contributed by atoms with Gasteiger partial charge in [0.05, 0.1) is 9.21 Å². The molecule has 0 unspecified atom stereocenters. The monoisotopic (exact) mass is 404 g/mol. The van der Waals surface area contributed by atoms with Gasteiger partial charge < -0.3 is 5.32 Å². The van der Waals surface area contributed by atoms with Crippen molar-refractivity contribution in [3.63, 3.8) is 0 Å². The zero-order valence-electron chi connectivity index (χ0n) is 15.8. The van der Waals surface area contributed by atoms with Gasteiger partial charge in [-0.05, 0) is 43.5 Å². The molecule has 2 heterocycles. The smallest absolute Gasteiger partial charge is 0.220 e. The van der Waals surface area contributed by atoms with Gasteiger partial charge in [-0.1, -0.05) is 35.9 Å². The highest BCUT2D eigenvalue weighted by molar-refractivity contribution is 7.18. The molecule has 0 atom stereocenters. The van der Waals surface area contributed by atoms with E-state index in [1.54, 1.807) is 12.1 Å². The molecule has 1 aliphatic rings. The van der Waals surface area contributed by atoms with Gasteiger partial charge in [-0.2, -0.15) is 0 Å². The maximum atomic E-state index is 12.2. The minimum atomic E-state index is -0.144. The Morgan fingerprint density at radius 3 is 2.59 bits per heavy atom. The van der Waals surface area contributed by atoms with Crippen molar-refractivity contribution >= 4 is 34.6 Å². The highest BCUT2D eigenvalue weighted by Crippen LogP contribution is 2.25. The standard InChI is InChI=1S/C21H25ClN2O2S/c1-21(2,24-12-11-15-5-3-4-6-16(15)13-24)14-23-20(26)10-7-17(25)18-8-9-19(22)27-18/h3-6,8-9H,7,10-14H2,1-2H3,(H,23,26). The van der Waals surface area contributed by atoms with E-state index in [4.69, 9.17) is 11.6 Å². The van der Waals surface area contributed by atoms with Gasteiger partial charge in [-0.3, -0.25) is 14.5 Å². The lowest BCUT2D eigenvalue weighted by atomic mass is 9.94. The molecule has 0 saturated carbocycles. The van der Waals surface area contributed by atoms with E-state index in [0.29, 0.717) is 15.8 Å². The van der Waals surface area contributed by atoms with E-state index in [1.807, 2.05) is 0 Å². The summed E-state index contributed by atoms with van der Waals surface area (Å²) >= 11 is 7.11. The molecule has 0 saturated heterocycles. The summed E-state index contributed by atoms with van der Waals surface area (Å²) in [5.41, 5.74) is 2.64. The molecule has 0 spiro atoms. The number of ketones is 1. The Kier molecular flexibility index (Phi) is 6.35. The SMILES string of the molecule is CC(C)(CNC(=O)CCC(=O)c1ccc(Cl)s1)N1CCc2ccccc2C1. The van der Waals surface area contributed by atoms with Crippen LogP contribution in [0.2, 0.25) is 4.34 Å². The van der Waals surface area contributed by atoms with Crippen molar-refractivity contribution in [2.24, 2.45) is 0 Å². The van der Waals surface area contributed by atoms with E-state index < -0.39 is 0 Å². The quantitative estimate of drug-likeness (QED) is 0.699. The molecule has 27 heavy (non-hydrogen) atoms. The third-order valence-corrected chi connectivity index (χ3v) is 6.40. The van der Waals surface area contributed by atoms with Crippen LogP contribution in [0, 0.1) is 0 Å².